The summed E-state index contributed by atoms with van der Waals surface area (Å²) in [5.74, 6) is 0. The minimum Gasteiger partial charge on any atom is -0.389 e. The molecule has 0 saturated carbocycles. The highest BCUT2D eigenvalue weighted by Gasteiger charge is 2.18. The highest BCUT2D eigenvalue weighted by Crippen LogP contribution is 2.28. The second-order valence-electron chi connectivity index (χ2n) is 3.61. The molecule has 0 saturated heterocycles. The molecule has 0 amide bonds. The van der Waals surface area contributed by atoms with Crippen LogP contribution >= 0.6 is 0 Å². The third-order valence-electron chi connectivity index (χ3n) is 2.56. The standard InChI is InChI=1S/C10H18O2/c1-7(11)9-5-3-4-6-10(9)8(2)12/h7-8,11-12H,3-6H2,1-2H3. The van der Waals surface area contributed by atoms with Crippen LogP contribution in [0, 0.1) is 0 Å². The Morgan fingerprint density at radius 2 is 1.25 bits per heavy atom. The Morgan fingerprint density at radius 3 is 1.50 bits per heavy atom. The first-order chi connectivity index (χ1) is 5.63. The molecule has 0 aromatic rings. The van der Waals surface area contributed by atoms with Gasteiger partial charge in [0, 0.05) is 0 Å². The smallest absolute Gasteiger partial charge is 0.0725 e. The topological polar surface area (TPSA) is 40.5 Å². The lowest BCUT2D eigenvalue weighted by Gasteiger charge is -2.24. The molecule has 1 rings (SSSR count). The summed E-state index contributed by atoms with van der Waals surface area (Å²) in [5.41, 5.74) is 2.13. The van der Waals surface area contributed by atoms with E-state index in [1.54, 1.807) is 13.8 Å². The fourth-order valence-corrected chi connectivity index (χ4v) is 1.91. The minimum absolute atomic E-state index is 0.380. The van der Waals surface area contributed by atoms with Crippen molar-refractivity contribution < 1.29 is 10.2 Å². The lowest BCUT2D eigenvalue weighted by Crippen LogP contribution is -2.18. The first kappa shape index (κ1) is 9.75. The van der Waals surface area contributed by atoms with Crippen molar-refractivity contribution in [1.29, 1.82) is 0 Å². The molecule has 0 radical (unpaired) electrons. The van der Waals surface area contributed by atoms with Crippen molar-refractivity contribution in [1.82, 2.24) is 0 Å². The maximum atomic E-state index is 9.43. The Morgan fingerprint density at radius 1 is 0.917 bits per heavy atom. The van der Waals surface area contributed by atoms with Gasteiger partial charge < -0.3 is 10.2 Å². The largest absolute Gasteiger partial charge is 0.389 e. The van der Waals surface area contributed by atoms with E-state index in [2.05, 4.69) is 0 Å². The average Bonchev–Trinajstić information content (AvgIpc) is 2.04. The van der Waals surface area contributed by atoms with Crippen molar-refractivity contribution in [3.63, 3.8) is 0 Å². The number of aliphatic hydroxyl groups is 2. The van der Waals surface area contributed by atoms with Gasteiger partial charge in [-0.1, -0.05) is 0 Å². The predicted octanol–water partition coefficient (Wildman–Crippen LogP) is 1.62. The third kappa shape index (κ3) is 2.08. The summed E-state index contributed by atoms with van der Waals surface area (Å²) in [4.78, 5) is 0. The van der Waals surface area contributed by atoms with Gasteiger partial charge in [-0.15, -0.1) is 0 Å². The highest BCUT2D eigenvalue weighted by molar-refractivity contribution is 5.22. The Balaban J connectivity index is 2.83. The number of aliphatic hydroxyl groups excluding tert-OH is 2. The summed E-state index contributed by atoms with van der Waals surface area (Å²) in [5, 5.41) is 18.9. The molecule has 2 N–H and O–H groups in total. The fourth-order valence-electron chi connectivity index (χ4n) is 1.91. The van der Waals surface area contributed by atoms with Crippen LogP contribution in [0.25, 0.3) is 0 Å². The molecule has 1 aliphatic carbocycles. The molecule has 2 nitrogen and oxygen atoms in total. The molecule has 0 aliphatic heterocycles. The van der Waals surface area contributed by atoms with E-state index in [-0.39, 0.29) is 12.2 Å². The summed E-state index contributed by atoms with van der Waals surface area (Å²) in [6, 6.07) is 0. The molecular weight excluding hydrogens is 152 g/mol. The SMILES string of the molecule is CC(O)C1=C(C(C)O)CCCC1. The van der Waals surface area contributed by atoms with E-state index in [4.69, 9.17) is 0 Å². The van der Waals surface area contributed by atoms with Crippen LogP contribution in [-0.2, 0) is 0 Å². The van der Waals surface area contributed by atoms with Crippen molar-refractivity contribution in [2.75, 3.05) is 0 Å². The van der Waals surface area contributed by atoms with Gasteiger partial charge in [0.1, 0.15) is 0 Å². The van der Waals surface area contributed by atoms with E-state index in [1.165, 1.54) is 0 Å². The highest BCUT2D eigenvalue weighted by atomic mass is 16.3. The molecule has 0 heterocycles. The van der Waals surface area contributed by atoms with Crippen molar-refractivity contribution in [3.05, 3.63) is 11.1 Å². The van der Waals surface area contributed by atoms with Crippen LogP contribution in [0.3, 0.4) is 0 Å². The van der Waals surface area contributed by atoms with Gasteiger partial charge in [0.25, 0.3) is 0 Å². The molecule has 0 aromatic carbocycles. The maximum absolute atomic E-state index is 9.43. The predicted molar refractivity (Wildman–Crippen MR) is 48.9 cm³/mol. The zero-order chi connectivity index (χ0) is 9.14. The molecule has 2 atom stereocenters. The fraction of sp³-hybridized carbons (Fsp3) is 0.800. The van der Waals surface area contributed by atoms with E-state index in [9.17, 15) is 10.2 Å². The Bertz CT molecular complexity index is 160. The summed E-state index contributed by atoms with van der Waals surface area (Å²) in [6.45, 7) is 3.56. The Hall–Kier alpha value is -0.340. The van der Waals surface area contributed by atoms with Crippen molar-refractivity contribution in [2.24, 2.45) is 0 Å². The Labute approximate surface area is 73.9 Å². The van der Waals surface area contributed by atoms with Crippen LogP contribution in [0.2, 0.25) is 0 Å². The molecule has 1 aliphatic rings. The van der Waals surface area contributed by atoms with Crippen LogP contribution in [0.4, 0.5) is 0 Å². The number of rotatable bonds is 2. The second kappa shape index (κ2) is 4.06. The lowest BCUT2D eigenvalue weighted by atomic mass is 9.86. The quantitative estimate of drug-likeness (QED) is 0.618. The first-order valence-electron chi connectivity index (χ1n) is 4.71. The molecule has 0 fully saturated rings. The molecule has 12 heavy (non-hydrogen) atoms. The summed E-state index contributed by atoms with van der Waals surface area (Å²) in [6.07, 6.45) is 3.45. The zero-order valence-corrected chi connectivity index (χ0v) is 7.88. The van der Waals surface area contributed by atoms with E-state index in [0.29, 0.717) is 0 Å². The molecular formula is C10H18O2. The molecule has 0 bridgehead atoms. The summed E-state index contributed by atoms with van der Waals surface area (Å²) in [7, 11) is 0. The summed E-state index contributed by atoms with van der Waals surface area (Å²) < 4.78 is 0. The lowest BCUT2D eigenvalue weighted by molar-refractivity contribution is 0.196. The van der Waals surface area contributed by atoms with Gasteiger partial charge in [-0.2, -0.15) is 0 Å². The number of hydrogen-bond acceptors (Lipinski definition) is 2. The van der Waals surface area contributed by atoms with Crippen LogP contribution in [0.1, 0.15) is 39.5 Å². The minimum atomic E-state index is -0.380. The van der Waals surface area contributed by atoms with Gasteiger partial charge in [0.2, 0.25) is 0 Å². The maximum Gasteiger partial charge on any atom is 0.0725 e. The van der Waals surface area contributed by atoms with E-state index in [1.807, 2.05) is 0 Å². The van der Waals surface area contributed by atoms with Crippen molar-refractivity contribution in [3.8, 4) is 0 Å². The zero-order valence-electron chi connectivity index (χ0n) is 7.88. The molecule has 2 unspecified atom stereocenters. The van der Waals surface area contributed by atoms with Gasteiger partial charge >= 0.3 is 0 Å². The van der Waals surface area contributed by atoms with Gasteiger partial charge in [-0.05, 0) is 50.7 Å². The van der Waals surface area contributed by atoms with Gasteiger partial charge in [0.15, 0.2) is 0 Å². The molecule has 0 spiro atoms. The van der Waals surface area contributed by atoms with Crippen LogP contribution < -0.4 is 0 Å². The monoisotopic (exact) mass is 170 g/mol. The van der Waals surface area contributed by atoms with Crippen molar-refractivity contribution in [2.45, 2.75) is 51.7 Å². The van der Waals surface area contributed by atoms with Crippen molar-refractivity contribution >= 4 is 0 Å². The van der Waals surface area contributed by atoms with E-state index < -0.39 is 0 Å². The van der Waals surface area contributed by atoms with Crippen LogP contribution in [0.15, 0.2) is 11.1 Å². The first-order valence-corrected chi connectivity index (χ1v) is 4.71. The average molecular weight is 170 g/mol. The normalized spacial score (nSPS) is 24.0. The van der Waals surface area contributed by atoms with Gasteiger partial charge in [-0.3, -0.25) is 0 Å². The molecule has 0 aromatic heterocycles. The van der Waals surface area contributed by atoms with Gasteiger partial charge in [0.05, 0.1) is 12.2 Å². The molecule has 70 valence electrons. The summed E-state index contributed by atoms with van der Waals surface area (Å²) >= 11 is 0. The van der Waals surface area contributed by atoms with Crippen LogP contribution in [0.5, 0.6) is 0 Å². The number of hydrogen-bond donors (Lipinski definition) is 2. The van der Waals surface area contributed by atoms with E-state index >= 15 is 0 Å². The second-order valence-corrected chi connectivity index (χ2v) is 3.61. The third-order valence-corrected chi connectivity index (χ3v) is 2.56. The van der Waals surface area contributed by atoms with E-state index in [0.717, 1.165) is 36.8 Å². The molecule has 2 heteroatoms. The Kier molecular flexibility index (Phi) is 3.29. The van der Waals surface area contributed by atoms with Gasteiger partial charge in [-0.25, -0.2) is 0 Å². The van der Waals surface area contributed by atoms with Crippen LogP contribution in [-0.4, -0.2) is 22.4 Å².